The Kier molecular flexibility index (Phi) is 2.06. The van der Waals surface area contributed by atoms with Crippen molar-refractivity contribution in [2.24, 2.45) is 0 Å². The van der Waals surface area contributed by atoms with E-state index < -0.39 is 0 Å². The Labute approximate surface area is 97.9 Å². The van der Waals surface area contributed by atoms with Gasteiger partial charge < -0.3 is 0 Å². The molecule has 0 unspecified atom stereocenters. The highest BCUT2D eigenvalue weighted by Gasteiger charge is 2.20. The van der Waals surface area contributed by atoms with Crippen LogP contribution in [0, 0.1) is 22.7 Å². The molecule has 2 heterocycles. The molecule has 0 bridgehead atoms. The quantitative estimate of drug-likeness (QED) is 0.726. The van der Waals surface area contributed by atoms with Crippen LogP contribution >= 0.6 is 0 Å². The molecule has 2 aromatic heterocycles. The van der Waals surface area contributed by atoms with Crippen molar-refractivity contribution >= 4 is 5.65 Å². The molecule has 2 aromatic rings. The normalized spacial score (nSPS) is 13.3. The van der Waals surface area contributed by atoms with E-state index in [0.29, 0.717) is 17.0 Å². The van der Waals surface area contributed by atoms with E-state index >= 15 is 0 Å². The average Bonchev–Trinajstić information content (AvgIpc) is 2.91. The van der Waals surface area contributed by atoms with E-state index in [1.807, 2.05) is 12.3 Å². The third-order valence-electron chi connectivity index (χ3n) is 3.09. The fraction of sp³-hybridized carbons (Fsp3) is 0.333. The lowest BCUT2D eigenvalue weighted by molar-refractivity contribution is 0.887. The third kappa shape index (κ3) is 1.37. The second kappa shape index (κ2) is 3.57. The zero-order valence-electron chi connectivity index (χ0n) is 9.14. The summed E-state index contributed by atoms with van der Waals surface area (Å²) in [7, 11) is 0. The van der Waals surface area contributed by atoms with Gasteiger partial charge >= 0.3 is 0 Å². The van der Waals surface area contributed by atoms with Crippen LogP contribution in [0.15, 0.2) is 6.20 Å². The second-order valence-electron chi connectivity index (χ2n) is 4.10. The summed E-state index contributed by atoms with van der Waals surface area (Å²) in [6.07, 6.45) is 5.13. The Morgan fingerprint density at radius 1 is 1.35 bits per heavy atom. The first-order valence-electron chi connectivity index (χ1n) is 5.50. The first kappa shape index (κ1) is 9.80. The lowest BCUT2D eigenvalue weighted by atomic mass is 10.1. The summed E-state index contributed by atoms with van der Waals surface area (Å²) >= 11 is 0. The molecule has 5 nitrogen and oxygen atoms in total. The molecule has 0 aromatic carbocycles. The van der Waals surface area contributed by atoms with E-state index in [9.17, 15) is 5.26 Å². The molecule has 1 aliphatic carbocycles. The molecule has 0 amide bonds. The first-order chi connectivity index (χ1) is 8.33. The molecule has 17 heavy (non-hydrogen) atoms. The van der Waals surface area contributed by atoms with Gasteiger partial charge in [0.2, 0.25) is 0 Å². The predicted molar refractivity (Wildman–Crippen MR) is 59.0 cm³/mol. The number of aryl methyl sites for hydroxylation is 1. The lowest BCUT2D eigenvalue weighted by Crippen LogP contribution is -1.97. The van der Waals surface area contributed by atoms with E-state index in [0.717, 1.165) is 24.8 Å². The van der Waals surface area contributed by atoms with Gasteiger partial charge in [-0.05, 0) is 30.4 Å². The van der Waals surface area contributed by atoms with Gasteiger partial charge in [-0.15, -0.1) is 0 Å². The van der Waals surface area contributed by atoms with Gasteiger partial charge in [0, 0.05) is 6.20 Å². The van der Waals surface area contributed by atoms with Crippen LogP contribution in [-0.4, -0.2) is 14.6 Å². The lowest BCUT2D eigenvalue weighted by Gasteiger charge is -2.02. The van der Waals surface area contributed by atoms with Gasteiger partial charge in [0.25, 0.3) is 0 Å². The monoisotopic (exact) mass is 223 g/mol. The van der Waals surface area contributed by atoms with Crippen molar-refractivity contribution < 1.29 is 0 Å². The SMILES string of the molecule is N#CCc1nc2c(C#N)c3c(cn2n1)CCC3. The highest BCUT2D eigenvalue weighted by molar-refractivity contribution is 5.61. The Hall–Kier alpha value is -2.40. The molecule has 0 radical (unpaired) electrons. The van der Waals surface area contributed by atoms with Crippen molar-refractivity contribution in [1.82, 2.24) is 14.6 Å². The largest absolute Gasteiger partial charge is 0.219 e. The first-order valence-corrected chi connectivity index (χ1v) is 5.50. The Morgan fingerprint density at radius 3 is 3.00 bits per heavy atom. The summed E-state index contributed by atoms with van der Waals surface area (Å²) in [6.45, 7) is 0. The molecule has 0 saturated heterocycles. The minimum atomic E-state index is 0.178. The topological polar surface area (TPSA) is 77.8 Å². The van der Waals surface area contributed by atoms with E-state index in [1.54, 1.807) is 4.52 Å². The number of rotatable bonds is 1. The molecule has 0 aliphatic heterocycles. The van der Waals surface area contributed by atoms with Crippen LogP contribution < -0.4 is 0 Å². The number of aromatic nitrogens is 3. The van der Waals surface area contributed by atoms with Gasteiger partial charge in [-0.2, -0.15) is 15.6 Å². The molecule has 0 spiro atoms. The molecule has 0 N–H and O–H groups in total. The summed E-state index contributed by atoms with van der Waals surface area (Å²) in [5.41, 5.74) is 3.49. The maximum atomic E-state index is 9.24. The Balaban J connectivity index is 2.31. The Morgan fingerprint density at radius 2 is 2.24 bits per heavy atom. The van der Waals surface area contributed by atoms with Crippen LogP contribution in [0.2, 0.25) is 0 Å². The van der Waals surface area contributed by atoms with Crippen molar-refractivity contribution in [2.75, 3.05) is 0 Å². The summed E-state index contributed by atoms with van der Waals surface area (Å²) in [6, 6.07) is 4.24. The molecule has 82 valence electrons. The van der Waals surface area contributed by atoms with Crippen LogP contribution in [0.3, 0.4) is 0 Å². The van der Waals surface area contributed by atoms with Crippen molar-refractivity contribution in [3.63, 3.8) is 0 Å². The molecule has 1 aliphatic rings. The van der Waals surface area contributed by atoms with Crippen molar-refractivity contribution in [3.05, 3.63) is 28.7 Å². The van der Waals surface area contributed by atoms with E-state index in [1.165, 1.54) is 5.56 Å². The fourth-order valence-electron chi connectivity index (χ4n) is 2.37. The number of pyridine rings is 1. The molecule has 0 fully saturated rings. The molecule has 5 heteroatoms. The van der Waals surface area contributed by atoms with Crippen molar-refractivity contribution in [2.45, 2.75) is 25.7 Å². The molecule has 0 atom stereocenters. The third-order valence-corrected chi connectivity index (χ3v) is 3.09. The summed E-state index contributed by atoms with van der Waals surface area (Å²) < 4.78 is 1.63. The molecular weight excluding hydrogens is 214 g/mol. The number of fused-ring (bicyclic) bond motifs is 2. The molecule has 0 saturated carbocycles. The molecule has 3 rings (SSSR count). The van der Waals surface area contributed by atoms with Gasteiger partial charge in [0.05, 0.1) is 12.5 Å². The van der Waals surface area contributed by atoms with Crippen molar-refractivity contribution in [3.8, 4) is 12.1 Å². The fourth-order valence-corrected chi connectivity index (χ4v) is 2.37. The maximum absolute atomic E-state index is 9.24. The van der Waals surface area contributed by atoms with Crippen LogP contribution in [0.1, 0.15) is 28.9 Å². The average molecular weight is 223 g/mol. The summed E-state index contributed by atoms with van der Waals surface area (Å²) in [4.78, 5) is 4.26. The minimum absolute atomic E-state index is 0.178. The number of hydrogen-bond donors (Lipinski definition) is 0. The highest BCUT2D eigenvalue weighted by Crippen LogP contribution is 2.27. The number of nitrogens with zero attached hydrogens (tertiary/aromatic N) is 5. The second-order valence-corrected chi connectivity index (χ2v) is 4.10. The zero-order chi connectivity index (χ0) is 11.8. The smallest absolute Gasteiger partial charge is 0.173 e. The van der Waals surface area contributed by atoms with Crippen LogP contribution in [-0.2, 0) is 19.3 Å². The van der Waals surface area contributed by atoms with Crippen LogP contribution in [0.25, 0.3) is 5.65 Å². The van der Waals surface area contributed by atoms with Crippen molar-refractivity contribution in [1.29, 1.82) is 10.5 Å². The van der Waals surface area contributed by atoms with Gasteiger partial charge in [0.1, 0.15) is 11.6 Å². The number of hydrogen-bond acceptors (Lipinski definition) is 4. The van der Waals surface area contributed by atoms with Crippen LogP contribution in [0.5, 0.6) is 0 Å². The summed E-state index contributed by atoms with van der Waals surface area (Å²) in [5, 5.41) is 22.1. The maximum Gasteiger partial charge on any atom is 0.173 e. The van der Waals surface area contributed by atoms with E-state index in [2.05, 4.69) is 16.2 Å². The van der Waals surface area contributed by atoms with Gasteiger partial charge in [-0.25, -0.2) is 9.50 Å². The minimum Gasteiger partial charge on any atom is -0.219 e. The standard InChI is InChI=1S/C12H9N5/c13-5-4-11-15-12-10(6-14)9-3-1-2-8(9)7-17(12)16-11/h7H,1-4H2. The predicted octanol–water partition coefficient (Wildman–Crippen LogP) is 1.16. The van der Waals surface area contributed by atoms with Crippen LogP contribution in [0.4, 0.5) is 0 Å². The summed E-state index contributed by atoms with van der Waals surface area (Å²) in [5.74, 6) is 0.479. The van der Waals surface area contributed by atoms with Gasteiger partial charge in [-0.1, -0.05) is 0 Å². The Bertz CT molecular complexity index is 683. The number of nitriles is 2. The highest BCUT2D eigenvalue weighted by atomic mass is 15.3. The van der Waals surface area contributed by atoms with E-state index in [-0.39, 0.29) is 6.42 Å². The van der Waals surface area contributed by atoms with Gasteiger partial charge in [0.15, 0.2) is 11.5 Å². The van der Waals surface area contributed by atoms with E-state index in [4.69, 9.17) is 5.26 Å². The zero-order valence-corrected chi connectivity index (χ0v) is 9.14. The van der Waals surface area contributed by atoms with Gasteiger partial charge in [-0.3, -0.25) is 0 Å². The molecular formula is C12H9N5.